The summed E-state index contributed by atoms with van der Waals surface area (Å²) in [5.74, 6) is 0.901. The van der Waals surface area contributed by atoms with Crippen LogP contribution in [-0.2, 0) is 0 Å². The minimum Gasteiger partial charge on any atom is -0.317 e. The van der Waals surface area contributed by atoms with Crippen LogP contribution in [0.4, 0.5) is 0 Å². The number of piperidine rings is 1. The third-order valence-corrected chi connectivity index (χ3v) is 6.07. The van der Waals surface area contributed by atoms with E-state index in [2.05, 4.69) is 73.8 Å². The highest BCUT2D eigenvalue weighted by atomic mass is 79.9. The van der Waals surface area contributed by atoms with Gasteiger partial charge in [0.25, 0.3) is 0 Å². The van der Waals surface area contributed by atoms with Crippen LogP contribution in [0.15, 0.2) is 39.8 Å². The lowest BCUT2D eigenvalue weighted by molar-refractivity contribution is 0.358. The van der Waals surface area contributed by atoms with Crippen molar-refractivity contribution in [2.24, 2.45) is 10.9 Å². The number of hydrogen-bond acceptors (Lipinski definition) is 2. The van der Waals surface area contributed by atoms with Crippen LogP contribution in [-0.4, -0.2) is 30.7 Å². The van der Waals surface area contributed by atoms with Gasteiger partial charge in [-0.1, -0.05) is 67.8 Å². The summed E-state index contributed by atoms with van der Waals surface area (Å²) in [6, 6.07) is 4.05. The Morgan fingerprint density at radius 1 is 1.17 bits per heavy atom. The second-order valence-electron chi connectivity index (χ2n) is 6.28. The van der Waals surface area contributed by atoms with Gasteiger partial charge in [-0.25, -0.2) is 0 Å². The van der Waals surface area contributed by atoms with Crippen LogP contribution in [0.25, 0.3) is 6.08 Å². The molecule has 0 saturated carbocycles. The molecule has 2 atom stereocenters. The second kappa shape index (κ2) is 8.79. The molecule has 5 heteroatoms. The summed E-state index contributed by atoms with van der Waals surface area (Å²) in [5, 5.41) is 4.21. The van der Waals surface area contributed by atoms with Gasteiger partial charge in [0.2, 0.25) is 0 Å². The summed E-state index contributed by atoms with van der Waals surface area (Å²) in [6.45, 7) is 2.91. The molecule has 1 saturated heterocycles. The standard InChI is InChI=1S/C19H21Br2ClN2/c20-15-4-2-1-3-14-9-16(22)10-18(21)19(14)17(12-24-11-15)13-5-7-23-8-6-13/h1-4,9-10,12-13,15,17,23H,5-8,11H2/b3-1?,4-2+,24-12?. The Morgan fingerprint density at radius 2 is 1.96 bits per heavy atom. The van der Waals surface area contributed by atoms with Crippen LogP contribution < -0.4 is 5.32 Å². The Morgan fingerprint density at radius 3 is 2.75 bits per heavy atom. The predicted octanol–water partition coefficient (Wildman–Crippen LogP) is 5.60. The molecule has 0 spiro atoms. The van der Waals surface area contributed by atoms with Crippen molar-refractivity contribution in [1.29, 1.82) is 0 Å². The van der Waals surface area contributed by atoms with Crippen LogP contribution >= 0.6 is 43.5 Å². The van der Waals surface area contributed by atoms with Crippen molar-refractivity contribution in [2.75, 3.05) is 19.6 Å². The molecule has 1 aromatic carbocycles. The normalized spacial score (nSPS) is 26.6. The lowest BCUT2D eigenvalue weighted by Gasteiger charge is -2.30. The number of alkyl halides is 1. The van der Waals surface area contributed by atoms with E-state index in [1.807, 2.05) is 6.07 Å². The fourth-order valence-electron chi connectivity index (χ4n) is 3.41. The first kappa shape index (κ1) is 18.4. The van der Waals surface area contributed by atoms with Crippen molar-refractivity contribution in [1.82, 2.24) is 5.32 Å². The minimum atomic E-state index is 0.264. The van der Waals surface area contributed by atoms with Gasteiger partial charge in [-0.15, -0.1) is 0 Å². The fraction of sp³-hybridized carbons (Fsp3) is 0.421. The lowest BCUT2D eigenvalue weighted by atomic mass is 9.79. The van der Waals surface area contributed by atoms with Gasteiger partial charge in [-0.2, -0.15) is 0 Å². The number of fused-ring (bicyclic) bond motifs is 1. The molecule has 0 bridgehead atoms. The molecule has 2 aliphatic heterocycles. The average molecular weight is 473 g/mol. The van der Waals surface area contributed by atoms with Gasteiger partial charge < -0.3 is 5.32 Å². The third kappa shape index (κ3) is 4.60. The Hall–Kier alpha value is -0.420. The molecule has 0 amide bonds. The highest BCUT2D eigenvalue weighted by molar-refractivity contribution is 9.10. The Balaban J connectivity index is 2.08. The number of halogens is 3. The number of rotatable bonds is 1. The molecule has 24 heavy (non-hydrogen) atoms. The van der Waals surface area contributed by atoms with E-state index < -0.39 is 0 Å². The highest BCUT2D eigenvalue weighted by Gasteiger charge is 2.27. The van der Waals surface area contributed by atoms with E-state index in [1.165, 1.54) is 24.0 Å². The highest BCUT2D eigenvalue weighted by Crippen LogP contribution is 2.38. The van der Waals surface area contributed by atoms with Crippen molar-refractivity contribution in [3.63, 3.8) is 0 Å². The first-order chi connectivity index (χ1) is 11.6. The van der Waals surface area contributed by atoms with E-state index in [1.54, 1.807) is 0 Å². The van der Waals surface area contributed by atoms with Gasteiger partial charge in [-0.3, -0.25) is 4.99 Å². The molecular weight excluding hydrogens is 451 g/mol. The lowest BCUT2D eigenvalue weighted by Crippen LogP contribution is -2.31. The number of allylic oxidation sites excluding steroid dienone is 2. The van der Waals surface area contributed by atoms with Gasteiger partial charge in [0.15, 0.2) is 0 Å². The van der Waals surface area contributed by atoms with Gasteiger partial charge in [-0.05, 0) is 55.1 Å². The second-order valence-corrected chi connectivity index (χ2v) is 8.74. The van der Waals surface area contributed by atoms with Gasteiger partial charge in [0.1, 0.15) is 0 Å². The van der Waals surface area contributed by atoms with E-state index in [-0.39, 0.29) is 4.83 Å². The van der Waals surface area contributed by atoms with Crippen LogP contribution in [0, 0.1) is 5.92 Å². The predicted molar refractivity (Wildman–Crippen MR) is 112 cm³/mol. The molecule has 2 unspecified atom stereocenters. The van der Waals surface area contributed by atoms with E-state index in [0.29, 0.717) is 11.8 Å². The van der Waals surface area contributed by atoms with Crippen molar-refractivity contribution >= 4 is 55.8 Å². The zero-order chi connectivity index (χ0) is 16.9. The smallest absolute Gasteiger partial charge is 0.0546 e. The van der Waals surface area contributed by atoms with E-state index in [9.17, 15) is 0 Å². The van der Waals surface area contributed by atoms with Gasteiger partial charge in [0.05, 0.1) is 11.4 Å². The Labute approximate surface area is 165 Å². The van der Waals surface area contributed by atoms with Gasteiger partial charge >= 0.3 is 0 Å². The number of nitrogens with one attached hydrogen (secondary N) is 1. The van der Waals surface area contributed by atoms with Crippen molar-refractivity contribution in [2.45, 2.75) is 23.6 Å². The van der Waals surface area contributed by atoms with Crippen molar-refractivity contribution in [3.05, 3.63) is 51.0 Å². The molecule has 128 valence electrons. The Kier molecular flexibility index (Phi) is 6.73. The zero-order valence-electron chi connectivity index (χ0n) is 13.4. The molecule has 2 heterocycles. The molecule has 1 aromatic rings. The monoisotopic (exact) mass is 470 g/mol. The van der Waals surface area contributed by atoms with Crippen LogP contribution in [0.3, 0.4) is 0 Å². The zero-order valence-corrected chi connectivity index (χ0v) is 17.3. The molecule has 2 nitrogen and oxygen atoms in total. The minimum absolute atomic E-state index is 0.264. The van der Waals surface area contributed by atoms with Crippen LogP contribution in [0.2, 0.25) is 5.02 Å². The fourth-order valence-corrected chi connectivity index (χ4v) is 4.85. The number of hydrogen-bond donors (Lipinski definition) is 1. The molecule has 2 aliphatic rings. The maximum atomic E-state index is 6.30. The summed E-state index contributed by atoms with van der Waals surface area (Å²) < 4.78 is 1.07. The molecule has 1 N–H and O–H groups in total. The molecule has 3 rings (SSSR count). The maximum Gasteiger partial charge on any atom is 0.0546 e. The molecule has 1 fully saturated rings. The summed E-state index contributed by atoms with van der Waals surface area (Å²) in [7, 11) is 0. The van der Waals surface area contributed by atoms with Crippen LogP contribution in [0.5, 0.6) is 0 Å². The first-order valence-corrected chi connectivity index (χ1v) is 10.4. The van der Waals surface area contributed by atoms with Crippen LogP contribution in [0.1, 0.15) is 29.9 Å². The third-order valence-electron chi connectivity index (χ3n) is 4.60. The topological polar surface area (TPSA) is 24.4 Å². The van der Waals surface area contributed by atoms with Crippen molar-refractivity contribution < 1.29 is 0 Å². The maximum absolute atomic E-state index is 6.30. The van der Waals surface area contributed by atoms with E-state index in [0.717, 1.165) is 29.1 Å². The SMILES string of the molecule is Clc1cc(Br)c2c(c1)C=C/C=C/C(Br)CN=CC2C1CCNCC1. The number of nitrogens with zero attached hydrogens (tertiary/aromatic N) is 1. The number of benzene rings is 1. The quantitative estimate of drug-likeness (QED) is 0.529. The summed E-state index contributed by atoms with van der Waals surface area (Å²) in [6.07, 6.45) is 12.9. The number of aliphatic imine (C=N–C) groups is 1. The van der Waals surface area contributed by atoms with E-state index in [4.69, 9.17) is 16.6 Å². The average Bonchev–Trinajstić information content (AvgIpc) is 2.60. The first-order valence-electron chi connectivity index (χ1n) is 8.33. The molecule has 0 aliphatic carbocycles. The summed E-state index contributed by atoms with van der Waals surface area (Å²) in [5.41, 5.74) is 2.47. The largest absolute Gasteiger partial charge is 0.317 e. The molecular formula is C19H21Br2ClN2. The van der Waals surface area contributed by atoms with Crippen molar-refractivity contribution in [3.8, 4) is 0 Å². The molecule has 0 aromatic heterocycles. The molecule has 0 radical (unpaired) electrons. The van der Waals surface area contributed by atoms with E-state index >= 15 is 0 Å². The summed E-state index contributed by atoms with van der Waals surface area (Å²) in [4.78, 5) is 5.01. The van der Waals surface area contributed by atoms with Gasteiger partial charge in [0, 0.05) is 21.6 Å². The summed E-state index contributed by atoms with van der Waals surface area (Å²) >= 11 is 13.7. The Bertz CT molecular complexity index is 664.